The molecule has 1 aromatic heterocycles. The monoisotopic (exact) mass is 310 g/mol. The molecule has 0 saturated heterocycles. The summed E-state index contributed by atoms with van der Waals surface area (Å²) in [5, 5.41) is 0.749. The minimum atomic E-state index is -0.498. The van der Waals surface area contributed by atoms with Gasteiger partial charge in [-0.1, -0.05) is 12.1 Å². The van der Waals surface area contributed by atoms with E-state index in [1.165, 1.54) is 17.4 Å². The van der Waals surface area contributed by atoms with Crippen LogP contribution in [0.4, 0.5) is 4.39 Å². The summed E-state index contributed by atoms with van der Waals surface area (Å²) in [5.74, 6) is -0.167. The van der Waals surface area contributed by atoms with Crippen molar-refractivity contribution < 1.29 is 13.9 Å². The summed E-state index contributed by atoms with van der Waals surface area (Å²) in [6, 6.07) is 6.30. The van der Waals surface area contributed by atoms with Gasteiger partial charge in [0.1, 0.15) is 11.6 Å². The summed E-state index contributed by atoms with van der Waals surface area (Å²) >= 11 is 1.47. The van der Waals surface area contributed by atoms with Crippen molar-refractivity contribution in [2.45, 2.75) is 32.6 Å². The van der Waals surface area contributed by atoms with Gasteiger partial charge in [0.15, 0.2) is 11.6 Å². The van der Waals surface area contributed by atoms with Crippen molar-refractivity contribution in [1.82, 2.24) is 4.98 Å². The number of nitrogens with two attached hydrogens (primary N) is 1. The second-order valence-electron chi connectivity index (χ2n) is 5.26. The molecular formula is C15H19FN2O2S. The van der Waals surface area contributed by atoms with Crippen LogP contribution in [-0.4, -0.2) is 12.1 Å². The van der Waals surface area contributed by atoms with Crippen LogP contribution in [0.2, 0.25) is 0 Å². The van der Waals surface area contributed by atoms with Gasteiger partial charge in [0.2, 0.25) is 0 Å². The smallest absolute Gasteiger partial charge is 0.165 e. The number of benzene rings is 1. The van der Waals surface area contributed by atoms with Gasteiger partial charge >= 0.3 is 0 Å². The maximum absolute atomic E-state index is 13.5. The summed E-state index contributed by atoms with van der Waals surface area (Å²) < 4.78 is 24.1. The molecule has 6 heteroatoms. The first-order valence-electron chi connectivity index (χ1n) is 6.56. The number of para-hydroxylation sites is 1. The summed E-state index contributed by atoms with van der Waals surface area (Å²) in [6.45, 7) is 4.44. The molecule has 0 aliphatic rings. The lowest BCUT2D eigenvalue weighted by molar-refractivity contribution is 0.179. The average molecular weight is 310 g/mol. The Labute approximate surface area is 127 Å². The molecular weight excluding hydrogens is 291 g/mol. The van der Waals surface area contributed by atoms with Gasteiger partial charge in [-0.25, -0.2) is 9.37 Å². The van der Waals surface area contributed by atoms with Crippen LogP contribution < -0.4 is 10.5 Å². The van der Waals surface area contributed by atoms with Crippen molar-refractivity contribution in [3.05, 3.63) is 45.7 Å². The minimum absolute atomic E-state index is 0.207. The molecule has 0 aliphatic heterocycles. The molecule has 0 aliphatic carbocycles. The third-order valence-corrected chi connectivity index (χ3v) is 4.21. The summed E-state index contributed by atoms with van der Waals surface area (Å²) in [7, 11) is 1.61. The lowest BCUT2D eigenvalue weighted by Gasteiger charge is -2.17. The molecule has 21 heavy (non-hydrogen) atoms. The van der Waals surface area contributed by atoms with Gasteiger partial charge < -0.3 is 15.2 Å². The Hall–Kier alpha value is -1.50. The molecule has 0 unspecified atom stereocenters. The lowest BCUT2D eigenvalue weighted by atomic mass is 10.0. The highest BCUT2D eigenvalue weighted by Crippen LogP contribution is 2.29. The lowest BCUT2D eigenvalue weighted by Crippen LogP contribution is -2.28. The Balaban J connectivity index is 2.16. The van der Waals surface area contributed by atoms with E-state index in [2.05, 4.69) is 4.98 Å². The Bertz CT molecular complexity index is 608. The van der Waals surface area contributed by atoms with Gasteiger partial charge in [-0.15, -0.1) is 11.3 Å². The fourth-order valence-corrected chi connectivity index (χ4v) is 2.90. The van der Waals surface area contributed by atoms with E-state index < -0.39 is 5.54 Å². The fourth-order valence-electron chi connectivity index (χ4n) is 1.90. The zero-order valence-corrected chi connectivity index (χ0v) is 13.2. The molecule has 0 spiro atoms. The normalized spacial score (nSPS) is 11.7. The number of methoxy groups -OCH3 is 1. The molecule has 0 atom stereocenters. The van der Waals surface area contributed by atoms with Crippen LogP contribution in [-0.2, 0) is 23.5 Å². The molecule has 114 valence electrons. The van der Waals surface area contributed by atoms with Gasteiger partial charge in [0.25, 0.3) is 0 Å². The number of hydrogen-bond acceptors (Lipinski definition) is 5. The van der Waals surface area contributed by atoms with Crippen LogP contribution in [0.5, 0.6) is 5.75 Å². The fraction of sp³-hybridized carbons (Fsp3) is 0.400. The van der Waals surface area contributed by atoms with Gasteiger partial charge in [-0.2, -0.15) is 0 Å². The van der Waals surface area contributed by atoms with E-state index >= 15 is 0 Å². The standard InChI is InChI=1S/C15H19FN2O2S/c1-15(2,17)14-11(8-19-3)18-13(21-14)9-20-12-7-5-4-6-10(12)16/h4-7H,8-9,17H2,1-3H3. The zero-order chi connectivity index (χ0) is 15.5. The molecule has 4 nitrogen and oxygen atoms in total. The van der Waals surface area contributed by atoms with Crippen LogP contribution >= 0.6 is 11.3 Å². The van der Waals surface area contributed by atoms with E-state index in [-0.39, 0.29) is 18.2 Å². The Morgan fingerprint density at radius 2 is 2.00 bits per heavy atom. The predicted molar refractivity (Wildman–Crippen MR) is 80.8 cm³/mol. The van der Waals surface area contributed by atoms with Crippen LogP contribution in [0, 0.1) is 5.82 Å². The van der Waals surface area contributed by atoms with Crippen molar-refractivity contribution in [2.24, 2.45) is 5.73 Å². The zero-order valence-electron chi connectivity index (χ0n) is 12.4. The molecule has 0 amide bonds. The van der Waals surface area contributed by atoms with Gasteiger partial charge in [-0.3, -0.25) is 0 Å². The molecule has 2 rings (SSSR count). The molecule has 0 bridgehead atoms. The summed E-state index contributed by atoms with van der Waals surface area (Å²) in [4.78, 5) is 5.43. The Kier molecular flexibility index (Phi) is 4.92. The summed E-state index contributed by atoms with van der Waals surface area (Å²) in [5.41, 5.74) is 6.46. The van der Waals surface area contributed by atoms with Gasteiger partial charge in [0, 0.05) is 17.5 Å². The van der Waals surface area contributed by atoms with Crippen LogP contribution in [0.3, 0.4) is 0 Å². The molecule has 1 aromatic carbocycles. The maximum Gasteiger partial charge on any atom is 0.165 e. The second kappa shape index (κ2) is 6.51. The highest BCUT2D eigenvalue weighted by atomic mass is 32.1. The first-order valence-corrected chi connectivity index (χ1v) is 7.37. The van der Waals surface area contributed by atoms with E-state index in [0.29, 0.717) is 6.61 Å². The van der Waals surface area contributed by atoms with E-state index in [1.54, 1.807) is 25.3 Å². The molecule has 0 fully saturated rings. The molecule has 0 radical (unpaired) electrons. The van der Waals surface area contributed by atoms with E-state index in [1.807, 2.05) is 13.8 Å². The largest absolute Gasteiger partial charge is 0.483 e. The summed E-state index contributed by atoms with van der Waals surface area (Å²) in [6.07, 6.45) is 0. The van der Waals surface area contributed by atoms with E-state index in [9.17, 15) is 4.39 Å². The first-order chi connectivity index (χ1) is 9.91. The highest BCUT2D eigenvalue weighted by molar-refractivity contribution is 7.11. The number of thiazole rings is 1. The van der Waals surface area contributed by atoms with Crippen LogP contribution in [0.15, 0.2) is 24.3 Å². The molecule has 1 heterocycles. The third kappa shape index (κ3) is 4.00. The van der Waals surface area contributed by atoms with Gasteiger partial charge in [0.05, 0.1) is 12.3 Å². The van der Waals surface area contributed by atoms with Crippen molar-refractivity contribution in [3.8, 4) is 5.75 Å². The van der Waals surface area contributed by atoms with Crippen molar-refractivity contribution >= 4 is 11.3 Å². The number of hydrogen-bond donors (Lipinski definition) is 1. The van der Waals surface area contributed by atoms with Crippen molar-refractivity contribution in [3.63, 3.8) is 0 Å². The molecule has 0 saturated carbocycles. The van der Waals surface area contributed by atoms with Crippen LogP contribution in [0.1, 0.15) is 29.4 Å². The first kappa shape index (κ1) is 15.9. The number of rotatable bonds is 6. The maximum atomic E-state index is 13.5. The van der Waals surface area contributed by atoms with E-state index in [0.717, 1.165) is 15.6 Å². The SMILES string of the molecule is COCc1nc(COc2ccccc2F)sc1C(C)(C)N. The quantitative estimate of drug-likeness (QED) is 0.890. The number of halogens is 1. The predicted octanol–water partition coefficient (Wildman–Crippen LogP) is 3.20. The molecule has 2 aromatic rings. The van der Waals surface area contributed by atoms with Crippen LogP contribution in [0.25, 0.3) is 0 Å². The second-order valence-corrected chi connectivity index (χ2v) is 6.34. The highest BCUT2D eigenvalue weighted by Gasteiger charge is 2.23. The van der Waals surface area contributed by atoms with E-state index in [4.69, 9.17) is 15.2 Å². The number of aromatic nitrogens is 1. The Morgan fingerprint density at radius 3 is 2.62 bits per heavy atom. The Morgan fingerprint density at radius 1 is 1.29 bits per heavy atom. The minimum Gasteiger partial charge on any atom is -0.483 e. The number of nitrogens with zero attached hydrogens (tertiary/aromatic N) is 1. The topological polar surface area (TPSA) is 57.4 Å². The van der Waals surface area contributed by atoms with Gasteiger partial charge in [-0.05, 0) is 26.0 Å². The van der Waals surface area contributed by atoms with Crippen molar-refractivity contribution in [2.75, 3.05) is 7.11 Å². The van der Waals surface area contributed by atoms with Crippen molar-refractivity contribution in [1.29, 1.82) is 0 Å². The number of ether oxygens (including phenoxy) is 2. The third-order valence-electron chi connectivity index (χ3n) is 2.80. The molecule has 2 N–H and O–H groups in total. The average Bonchev–Trinajstić information content (AvgIpc) is 2.81.